The molecule has 0 aliphatic heterocycles. The van der Waals surface area contributed by atoms with Gasteiger partial charge in [0, 0.05) is 19.8 Å². The molecule has 2 heteroatoms. The number of unbranched alkanes of at least 4 members (excludes halogenated alkanes) is 18. The van der Waals surface area contributed by atoms with E-state index in [1.54, 1.807) is 0 Å². The maximum atomic E-state index is 8.74. The maximum Gasteiger partial charge on any atom is 0.0466 e. The van der Waals surface area contributed by atoms with Crippen LogP contribution in [0.3, 0.4) is 0 Å². The van der Waals surface area contributed by atoms with E-state index in [1.807, 2.05) is 0 Å². The van der Waals surface area contributed by atoms with Gasteiger partial charge in [0.15, 0.2) is 0 Å². The summed E-state index contributed by atoms with van der Waals surface area (Å²) >= 11 is 0. The monoisotopic (exact) mass is 412 g/mol. The Labute approximate surface area is 184 Å². The Hall–Kier alpha value is -0.0800. The number of ether oxygens (including phenoxy) is 1. The van der Waals surface area contributed by atoms with Crippen LogP contribution in [0.2, 0.25) is 0 Å². The first kappa shape index (κ1) is 28.9. The lowest BCUT2D eigenvalue weighted by molar-refractivity contribution is 0.125. The highest BCUT2D eigenvalue weighted by atomic mass is 16.5. The van der Waals surface area contributed by atoms with Crippen LogP contribution >= 0.6 is 0 Å². The lowest BCUT2D eigenvalue weighted by Crippen LogP contribution is -1.97. The van der Waals surface area contributed by atoms with Gasteiger partial charge < -0.3 is 9.84 Å². The Morgan fingerprint density at radius 1 is 0.448 bits per heavy atom. The Morgan fingerprint density at radius 2 is 0.759 bits per heavy atom. The van der Waals surface area contributed by atoms with Crippen LogP contribution in [0.25, 0.3) is 0 Å². The fourth-order valence-corrected chi connectivity index (χ4v) is 4.00. The maximum absolute atomic E-state index is 8.74. The topological polar surface area (TPSA) is 29.5 Å². The van der Waals surface area contributed by atoms with Gasteiger partial charge in [-0.05, 0) is 25.2 Å². The van der Waals surface area contributed by atoms with E-state index in [0.29, 0.717) is 6.61 Å². The van der Waals surface area contributed by atoms with Gasteiger partial charge in [-0.25, -0.2) is 0 Å². The van der Waals surface area contributed by atoms with Gasteiger partial charge in [0.05, 0.1) is 0 Å². The molecule has 0 aromatic carbocycles. The summed E-state index contributed by atoms with van der Waals surface area (Å²) in [6.45, 7) is 6.98. The number of hydrogen-bond donors (Lipinski definition) is 1. The molecule has 0 bridgehead atoms. The number of aliphatic hydroxyl groups excluding tert-OH is 1. The van der Waals surface area contributed by atoms with E-state index in [0.717, 1.165) is 25.6 Å². The first-order valence-corrected chi connectivity index (χ1v) is 13.5. The van der Waals surface area contributed by atoms with Gasteiger partial charge in [0.2, 0.25) is 0 Å². The summed E-state index contributed by atoms with van der Waals surface area (Å²) in [5, 5.41) is 8.74. The van der Waals surface area contributed by atoms with E-state index in [1.165, 1.54) is 128 Å². The Balaban J connectivity index is 2.98. The van der Waals surface area contributed by atoms with Crippen LogP contribution in [-0.2, 0) is 4.74 Å². The van der Waals surface area contributed by atoms with Crippen molar-refractivity contribution in [1.82, 2.24) is 0 Å². The first-order chi connectivity index (χ1) is 14.3. The predicted molar refractivity (Wildman–Crippen MR) is 130 cm³/mol. The van der Waals surface area contributed by atoms with Crippen molar-refractivity contribution in [3.05, 3.63) is 0 Å². The van der Waals surface area contributed by atoms with E-state index in [4.69, 9.17) is 9.84 Å². The molecule has 2 nitrogen and oxygen atoms in total. The van der Waals surface area contributed by atoms with E-state index in [9.17, 15) is 0 Å². The van der Waals surface area contributed by atoms with E-state index < -0.39 is 0 Å². The van der Waals surface area contributed by atoms with Crippen LogP contribution in [0.4, 0.5) is 0 Å². The number of rotatable bonds is 25. The molecule has 0 spiro atoms. The molecule has 0 aromatic heterocycles. The van der Waals surface area contributed by atoms with Crippen molar-refractivity contribution in [3.63, 3.8) is 0 Å². The molecule has 0 saturated carbocycles. The van der Waals surface area contributed by atoms with Crippen molar-refractivity contribution < 1.29 is 9.84 Å². The average molecular weight is 413 g/mol. The van der Waals surface area contributed by atoms with E-state index in [2.05, 4.69) is 13.8 Å². The molecular formula is C27H56O2. The Kier molecular flexibility index (Phi) is 25.9. The molecule has 0 rings (SSSR count). The highest BCUT2D eigenvalue weighted by molar-refractivity contribution is 4.51. The summed E-state index contributed by atoms with van der Waals surface area (Å²) in [5.74, 6) is 0.879. The second-order valence-electron chi connectivity index (χ2n) is 9.59. The summed E-state index contributed by atoms with van der Waals surface area (Å²) in [7, 11) is 0. The Morgan fingerprint density at radius 3 is 1.10 bits per heavy atom. The second kappa shape index (κ2) is 26.0. The van der Waals surface area contributed by atoms with Crippen LogP contribution < -0.4 is 0 Å². The van der Waals surface area contributed by atoms with Gasteiger partial charge in [0.25, 0.3) is 0 Å². The molecule has 0 saturated heterocycles. The lowest BCUT2D eigenvalue weighted by Gasteiger charge is -2.06. The summed E-state index contributed by atoms with van der Waals surface area (Å²) in [5.41, 5.74) is 0. The molecule has 0 radical (unpaired) electrons. The molecule has 29 heavy (non-hydrogen) atoms. The molecule has 176 valence electrons. The fraction of sp³-hybridized carbons (Fsp3) is 1.00. The SMILES string of the molecule is CC(C)CCCCCCCCCCOCCCCCCCCCCCCCCO. The summed E-state index contributed by atoms with van der Waals surface area (Å²) < 4.78 is 5.80. The normalized spacial score (nSPS) is 11.6. The van der Waals surface area contributed by atoms with Crippen LogP contribution in [0, 0.1) is 5.92 Å². The smallest absolute Gasteiger partial charge is 0.0466 e. The minimum absolute atomic E-state index is 0.365. The lowest BCUT2D eigenvalue weighted by atomic mass is 10.0. The zero-order valence-corrected chi connectivity index (χ0v) is 20.4. The van der Waals surface area contributed by atoms with Crippen molar-refractivity contribution in [3.8, 4) is 0 Å². The van der Waals surface area contributed by atoms with Crippen molar-refractivity contribution in [2.75, 3.05) is 19.8 Å². The molecule has 0 aromatic rings. The molecule has 0 unspecified atom stereocenters. The Bertz CT molecular complexity index is 278. The summed E-state index contributed by atoms with van der Waals surface area (Å²) in [6.07, 6.45) is 28.4. The van der Waals surface area contributed by atoms with Gasteiger partial charge >= 0.3 is 0 Å². The zero-order valence-electron chi connectivity index (χ0n) is 20.4. The van der Waals surface area contributed by atoms with Crippen molar-refractivity contribution >= 4 is 0 Å². The molecule has 0 aliphatic carbocycles. The fourth-order valence-electron chi connectivity index (χ4n) is 4.00. The third-order valence-corrected chi connectivity index (χ3v) is 6.02. The highest BCUT2D eigenvalue weighted by Gasteiger charge is 1.97. The molecule has 0 heterocycles. The molecule has 1 N–H and O–H groups in total. The molecule has 0 aliphatic rings. The summed E-state index contributed by atoms with van der Waals surface area (Å²) in [6, 6.07) is 0. The van der Waals surface area contributed by atoms with Gasteiger partial charge in [-0.3, -0.25) is 0 Å². The van der Waals surface area contributed by atoms with Gasteiger partial charge in [-0.2, -0.15) is 0 Å². The van der Waals surface area contributed by atoms with Crippen LogP contribution in [0.15, 0.2) is 0 Å². The minimum Gasteiger partial charge on any atom is -0.396 e. The number of hydrogen-bond acceptors (Lipinski definition) is 2. The van der Waals surface area contributed by atoms with Crippen LogP contribution in [0.1, 0.15) is 149 Å². The van der Waals surface area contributed by atoms with Gasteiger partial charge in [-0.15, -0.1) is 0 Å². The largest absolute Gasteiger partial charge is 0.396 e. The van der Waals surface area contributed by atoms with Gasteiger partial charge in [-0.1, -0.05) is 129 Å². The van der Waals surface area contributed by atoms with Crippen molar-refractivity contribution in [1.29, 1.82) is 0 Å². The first-order valence-electron chi connectivity index (χ1n) is 13.5. The molecular weight excluding hydrogens is 356 g/mol. The average Bonchev–Trinajstić information content (AvgIpc) is 2.71. The third-order valence-electron chi connectivity index (χ3n) is 6.02. The highest BCUT2D eigenvalue weighted by Crippen LogP contribution is 2.13. The number of aliphatic hydroxyl groups is 1. The van der Waals surface area contributed by atoms with Gasteiger partial charge in [0.1, 0.15) is 0 Å². The quantitative estimate of drug-likeness (QED) is 0.152. The van der Waals surface area contributed by atoms with Crippen molar-refractivity contribution in [2.45, 2.75) is 149 Å². The third kappa shape index (κ3) is 27.9. The van der Waals surface area contributed by atoms with Crippen LogP contribution in [0.5, 0.6) is 0 Å². The second-order valence-corrected chi connectivity index (χ2v) is 9.59. The standard InChI is InChI=1S/C27H56O2/c1-27(2)23-19-15-11-7-10-14-18-22-26-29-25-21-17-13-9-6-4-3-5-8-12-16-20-24-28/h27-28H,3-26H2,1-2H3. The zero-order chi connectivity index (χ0) is 21.3. The molecule has 0 atom stereocenters. The van der Waals surface area contributed by atoms with Crippen molar-refractivity contribution in [2.24, 2.45) is 5.92 Å². The summed E-state index contributed by atoms with van der Waals surface area (Å²) in [4.78, 5) is 0. The minimum atomic E-state index is 0.365. The van der Waals surface area contributed by atoms with E-state index in [-0.39, 0.29) is 0 Å². The van der Waals surface area contributed by atoms with Crippen LogP contribution in [-0.4, -0.2) is 24.9 Å². The predicted octanol–water partition coefficient (Wildman–Crippen LogP) is 8.84. The molecule has 0 amide bonds. The van der Waals surface area contributed by atoms with E-state index >= 15 is 0 Å². The molecule has 0 fully saturated rings.